The maximum absolute atomic E-state index is 12.9. The average Bonchev–Trinajstić information content (AvgIpc) is 2.58. The summed E-state index contributed by atoms with van der Waals surface area (Å²) < 4.78 is 12.3. The van der Waals surface area contributed by atoms with Crippen molar-refractivity contribution >= 4 is 11.9 Å². The first-order chi connectivity index (χ1) is 13.9. The summed E-state index contributed by atoms with van der Waals surface area (Å²) in [5, 5.41) is 0. The summed E-state index contributed by atoms with van der Waals surface area (Å²) >= 11 is 0. The number of carbonyl (C=O) groups is 2. The van der Waals surface area contributed by atoms with Crippen molar-refractivity contribution in [3.63, 3.8) is 0 Å². The summed E-state index contributed by atoms with van der Waals surface area (Å²) in [6.45, 7) is 1.85. The second-order valence-corrected chi connectivity index (χ2v) is 12.2. The van der Waals surface area contributed by atoms with Gasteiger partial charge in [-0.05, 0) is 113 Å². The van der Waals surface area contributed by atoms with Gasteiger partial charge in [0.05, 0.1) is 12.3 Å². The molecular formula is C25H36O4. The number of esters is 2. The Bertz CT molecular complexity index is 639. The lowest BCUT2D eigenvalue weighted by Crippen LogP contribution is -2.53. The van der Waals surface area contributed by atoms with Gasteiger partial charge in [-0.2, -0.15) is 0 Å². The highest BCUT2D eigenvalue weighted by molar-refractivity contribution is 5.80. The fourth-order valence-electron chi connectivity index (χ4n) is 9.24. The Balaban J connectivity index is 1.06. The molecule has 0 aromatic heterocycles. The van der Waals surface area contributed by atoms with Crippen LogP contribution in [0, 0.1) is 41.4 Å². The molecule has 0 amide bonds. The Morgan fingerprint density at radius 1 is 0.690 bits per heavy atom. The smallest absolute Gasteiger partial charge is 0.309 e. The standard InChI is InChI=1S/C25H36O4/c1-15(23(27)29-25-12-19-6-20(13-25)8-21(7-19)14-25)2-22(26)28-24-9-16-3-17(10-24)5-18(4-16)11-24/h15-21H,2-14H2,1H3. The molecule has 4 heteroatoms. The molecular weight excluding hydrogens is 364 g/mol. The van der Waals surface area contributed by atoms with Crippen LogP contribution in [0.4, 0.5) is 0 Å². The van der Waals surface area contributed by atoms with Crippen LogP contribution < -0.4 is 0 Å². The van der Waals surface area contributed by atoms with Gasteiger partial charge in [0, 0.05) is 0 Å². The predicted octanol–water partition coefficient (Wildman–Crippen LogP) is 5.04. The zero-order valence-corrected chi connectivity index (χ0v) is 17.9. The quantitative estimate of drug-likeness (QED) is 0.607. The zero-order chi connectivity index (χ0) is 19.8. The van der Waals surface area contributed by atoms with Gasteiger partial charge >= 0.3 is 11.9 Å². The van der Waals surface area contributed by atoms with Crippen LogP contribution in [0.25, 0.3) is 0 Å². The number of hydrogen-bond acceptors (Lipinski definition) is 4. The van der Waals surface area contributed by atoms with Gasteiger partial charge in [-0.3, -0.25) is 9.59 Å². The lowest BCUT2D eigenvalue weighted by atomic mass is 9.54. The van der Waals surface area contributed by atoms with E-state index in [9.17, 15) is 9.59 Å². The minimum Gasteiger partial charge on any atom is -0.459 e. The highest BCUT2D eigenvalue weighted by Crippen LogP contribution is 2.58. The van der Waals surface area contributed by atoms with E-state index in [1.165, 1.54) is 38.5 Å². The molecule has 0 aliphatic heterocycles. The summed E-state index contributed by atoms with van der Waals surface area (Å²) in [6, 6.07) is 0. The third-order valence-electron chi connectivity index (χ3n) is 9.49. The molecule has 1 atom stereocenters. The van der Waals surface area contributed by atoms with E-state index in [2.05, 4.69) is 0 Å². The second kappa shape index (κ2) is 6.47. The number of carbonyl (C=O) groups excluding carboxylic acids is 2. The molecule has 8 saturated carbocycles. The largest absolute Gasteiger partial charge is 0.459 e. The molecule has 0 heterocycles. The maximum atomic E-state index is 12.9. The molecule has 0 spiro atoms. The molecule has 0 aromatic rings. The Kier molecular flexibility index (Phi) is 4.17. The summed E-state index contributed by atoms with van der Waals surface area (Å²) in [6.07, 6.45) is 14.5. The number of hydrogen-bond donors (Lipinski definition) is 0. The van der Waals surface area contributed by atoms with Gasteiger partial charge in [0.2, 0.25) is 0 Å². The van der Waals surface area contributed by atoms with E-state index >= 15 is 0 Å². The minimum atomic E-state index is -0.399. The van der Waals surface area contributed by atoms with Crippen molar-refractivity contribution in [3.05, 3.63) is 0 Å². The Labute approximate surface area is 174 Å². The van der Waals surface area contributed by atoms with Crippen LogP contribution in [-0.4, -0.2) is 23.1 Å². The molecule has 8 fully saturated rings. The summed E-state index contributed by atoms with van der Waals surface area (Å²) in [5.41, 5.74) is -0.431. The van der Waals surface area contributed by atoms with Crippen LogP contribution in [-0.2, 0) is 19.1 Å². The number of rotatable bonds is 5. The molecule has 8 rings (SSSR count). The Morgan fingerprint density at radius 2 is 1.03 bits per heavy atom. The van der Waals surface area contributed by atoms with E-state index < -0.39 is 5.92 Å². The van der Waals surface area contributed by atoms with Crippen molar-refractivity contribution < 1.29 is 19.1 Å². The van der Waals surface area contributed by atoms with Crippen molar-refractivity contribution in [2.45, 2.75) is 102 Å². The van der Waals surface area contributed by atoms with E-state index in [0.29, 0.717) is 0 Å². The van der Waals surface area contributed by atoms with Gasteiger partial charge < -0.3 is 9.47 Å². The van der Waals surface area contributed by atoms with Crippen molar-refractivity contribution in [3.8, 4) is 0 Å². The van der Waals surface area contributed by atoms with Crippen molar-refractivity contribution in [2.24, 2.45) is 41.4 Å². The first-order valence-corrected chi connectivity index (χ1v) is 12.3. The van der Waals surface area contributed by atoms with Crippen molar-refractivity contribution in [1.82, 2.24) is 0 Å². The molecule has 4 nitrogen and oxygen atoms in total. The highest BCUT2D eigenvalue weighted by atomic mass is 16.6. The number of ether oxygens (including phenoxy) is 2. The summed E-state index contributed by atoms with van der Waals surface area (Å²) in [7, 11) is 0. The van der Waals surface area contributed by atoms with Gasteiger partial charge in [0.1, 0.15) is 11.2 Å². The molecule has 8 aliphatic carbocycles. The first-order valence-electron chi connectivity index (χ1n) is 12.3. The fourth-order valence-corrected chi connectivity index (χ4v) is 9.24. The monoisotopic (exact) mass is 400 g/mol. The molecule has 160 valence electrons. The topological polar surface area (TPSA) is 52.6 Å². The molecule has 0 N–H and O–H groups in total. The molecule has 0 aromatic carbocycles. The van der Waals surface area contributed by atoms with E-state index in [0.717, 1.165) is 74.0 Å². The van der Waals surface area contributed by atoms with E-state index in [1.54, 1.807) is 0 Å². The maximum Gasteiger partial charge on any atom is 0.309 e. The van der Waals surface area contributed by atoms with Crippen LogP contribution in [0.15, 0.2) is 0 Å². The highest BCUT2D eigenvalue weighted by Gasteiger charge is 2.55. The van der Waals surface area contributed by atoms with Gasteiger partial charge in [-0.25, -0.2) is 0 Å². The lowest BCUT2D eigenvalue weighted by Gasteiger charge is -2.56. The molecule has 8 aliphatic rings. The Morgan fingerprint density at radius 3 is 1.41 bits per heavy atom. The zero-order valence-electron chi connectivity index (χ0n) is 17.9. The lowest BCUT2D eigenvalue weighted by molar-refractivity contribution is -0.197. The van der Waals surface area contributed by atoms with Gasteiger partial charge in [0.15, 0.2) is 0 Å². The van der Waals surface area contributed by atoms with Crippen molar-refractivity contribution in [1.29, 1.82) is 0 Å². The third-order valence-corrected chi connectivity index (χ3v) is 9.49. The molecule has 8 bridgehead atoms. The molecule has 1 unspecified atom stereocenters. The first kappa shape index (κ1) is 18.7. The molecule has 0 saturated heterocycles. The Hall–Kier alpha value is -1.06. The van der Waals surface area contributed by atoms with Crippen LogP contribution in [0.1, 0.15) is 90.4 Å². The van der Waals surface area contributed by atoms with E-state index in [4.69, 9.17) is 9.47 Å². The normalized spacial score (nSPS) is 49.8. The summed E-state index contributed by atoms with van der Waals surface area (Å²) in [5.74, 6) is 3.79. The third kappa shape index (κ3) is 3.33. The summed E-state index contributed by atoms with van der Waals surface area (Å²) in [4.78, 5) is 25.7. The van der Waals surface area contributed by atoms with Gasteiger partial charge in [-0.1, -0.05) is 6.92 Å². The van der Waals surface area contributed by atoms with Crippen molar-refractivity contribution in [2.75, 3.05) is 0 Å². The minimum absolute atomic E-state index is 0.172. The van der Waals surface area contributed by atoms with Crippen LogP contribution in [0.5, 0.6) is 0 Å². The van der Waals surface area contributed by atoms with Crippen LogP contribution >= 0.6 is 0 Å². The fraction of sp³-hybridized carbons (Fsp3) is 0.920. The van der Waals surface area contributed by atoms with Crippen LogP contribution in [0.3, 0.4) is 0 Å². The van der Waals surface area contributed by atoms with E-state index in [1.807, 2.05) is 6.92 Å². The average molecular weight is 401 g/mol. The van der Waals surface area contributed by atoms with E-state index in [-0.39, 0.29) is 29.6 Å². The SMILES string of the molecule is CC(CC(=O)OC12CC3CC(CC(C3)C1)C2)C(=O)OC12CC3CC(CC(C3)C1)C2. The molecule has 0 radical (unpaired) electrons. The molecule has 29 heavy (non-hydrogen) atoms. The second-order valence-electron chi connectivity index (χ2n) is 12.2. The van der Waals surface area contributed by atoms with Gasteiger partial charge in [-0.15, -0.1) is 0 Å². The predicted molar refractivity (Wildman–Crippen MR) is 108 cm³/mol. The van der Waals surface area contributed by atoms with Gasteiger partial charge in [0.25, 0.3) is 0 Å². The van der Waals surface area contributed by atoms with Crippen LogP contribution in [0.2, 0.25) is 0 Å².